The van der Waals surface area contributed by atoms with E-state index in [1.165, 1.54) is 56.6 Å². The molecule has 0 spiro atoms. The van der Waals surface area contributed by atoms with Gasteiger partial charge in [-0.2, -0.15) is 4.73 Å². The Morgan fingerprint density at radius 1 is 1.15 bits per heavy atom. The Hall–Kier alpha value is -2.98. The van der Waals surface area contributed by atoms with Crippen molar-refractivity contribution < 1.29 is 27.5 Å². The second kappa shape index (κ2) is 7.93. The van der Waals surface area contributed by atoms with Gasteiger partial charge in [0.15, 0.2) is 12.8 Å². The van der Waals surface area contributed by atoms with Crippen molar-refractivity contribution in [3.8, 4) is 0 Å². The third kappa shape index (κ3) is 4.55. The number of esters is 1. The molecule has 1 heterocycles. The molecule has 9 nitrogen and oxygen atoms in total. The summed E-state index contributed by atoms with van der Waals surface area (Å²) in [5.74, 6) is -1.56. The lowest BCUT2D eigenvalue weighted by molar-refractivity contribution is -0.608. The first-order valence-corrected chi connectivity index (χ1v) is 8.83. The third-order valence-corrected chi connectivity index (χ3v) is 5.11. The number of hydrogen-bond acceptors (Lipinski definition) is 6. The van der Waals surface area contributed by atoms with E-state index in [4.69, 9.17) is 4.74 Å². The summed E-state index contributed by atoms with van der Waals surface area (Å²) in [4.78, 5) is 23.6. The number of ether oxygens (including phenoxy) is 1. The third-order valence-electron chi connectivity index (χ3n) is 3.28. The van der Waals surface area contributed by atoms with Crippen LogP contribution in [0.4, 0.5) is 5.69 Å². The molecule has 0 aliphatic carbocycles. The molecular formula is C16H17N3O6S. The fourth-order valence-corrected chi connectivity index (χ4v) is 2.81. The van der Waals surface area contributed by atoms with Gasteiger partial charge in [0.05, 0.1) is 4.90 Å². The van der Waals surface area contributed by atoms with Gasteiger partial charge in [-0.15, -0.1) is 0 Å². The van der Waals surface area contributed by atoms with Crippen LogP contribution in [0.2, 0.25) is 0 Å². The Bertz CT molecular complexity index is 910. The summed E-state index contributed by atoms with van der Waals surface area (Å²) in [6.07, 6.45) is 1.14. The summed E-state index contributed by atoms with van der Waals surface area (Å²) in [6.45, 7) is -0.592. The molecule has 26 heavy (non-hydrogen) atoms. The van der Waals surface area contributed by atoms with Crippen molar-refractivity contribution in [2.45, 2.75) is 4.90 Å². The largest absolute Gasteiger partial charge is 0.618 e. The molecule has 138 valence electrons. The van der Waals surface area contributed by atoms with Gasteiger partial charge in [-0.3, -0.25) is 4.79 Å². The average molecular weight is 379 g/mol. The first-order chi connectivity index (χ1) is 12.2. The molecule has 2 rings (SSSR count). The molecule has 1 aromatic heterocycles. The standard InChI is InChI=1S/C16H17N3O6S/c1-18(2)26(23,24)13-8-6-12(7-9-13)17-15(20)11-25-16(21)14-5-3-4-10-19(14)22/h3-10H,11H2,1-2H3,(H,17,20). The summed E-state index contributed by atoms with van der Waals surface area (Å²) in [7, 11) is -0.730. The maximum Gasteiger partial charge on any atom is 0.405 e. The molecule has 0 aliphatic heterocycles. The number of anilines is 1. The van der Waals surface area contributed by atoms with Crippen LogP contribution in [0.3, 0.4) is 0 Å². The number of carbonyl (C=O) groups excluding carboxylic acids is 2. The highest BCUT2D eigenvalue weighted by molar-refractivity contribution is 7.89. The highest BCUT2D eigenvalue weighted by atomic mass is 32.2. The summed E-state index contributed by atoms with van der Waals surface area (Å²) in [5, 5.41) is 13.9. The minimum atomic E-state index is -3.56. The van der Waals surface area contributed by atoms with Gasteiger partial charge in [0.1, 0.15) is 0 Å². The molecule has 0 aliphatic rings. The normalized spacial score (nSPS) is 11.2. The summed E-state index contributed by atoms with van der Waals surface area (Å²) < 4.78 is 30.1. The van der Waals surface area contributed by atoms with Crippen LogP contribution < -0.4 is 10.0 Å². The van der Waals surface area contributed by atoms with Gasteiger partial charge in [-0.1, -0.05) is 0 Å². The lowest BCUT2D eigenvalue weighted by Gasteiger charge is -2.12. The van der Waals surface area contributed by atoms with Gasteiger partial charge >= 0.3 is 11.7 Å². The van der Waals surface area contributed by atoms with Gasteiger partial charge < -0.3 is 15.3 Å². The molecule has 2 aromatic rings. The van der Waals surface area contributed by atoms with Crippen LogP contribution in [0.15, 0.2) is 53.6 Å². The Morgan fingerprint density at radius 2 is 1.81 bits per heavy atom. The molecule has 0 atom stereocenters. The second-order valence-electron chi connectivity index (χ2n) is 5.35. The van der Waals surface area contributed by atoms with Crippen molar-refractivity contribution in [3.63, 3.8) is 0 Å². The number of amides is 1. The van der Waals surface area contributed by atoms with Gasteiger partial charge in [-0.05, 0) is 30.3 Å². The van der Waals surface area contributed by atoms with Crippen LogP contribution in [0.1, 0.15) is 10.5 Å². The van der Waals surface area contributed by atoms with Crippen LogP contribution in [0.25, 0.3) is 0 Å². The molecule has 0 unspecified atom stereocenters. The van der Waals surface area contributed by atoms with Crippen molar-refractivity contribution >= 4 is 27.6 Å². The number of carbonyl (C=O) groups is 2. The molecular weight excluding hydrogens is 362 g/mol. The Morgan fingerprint density at radius 3 is 2.38 bits per heavy atom. The van der Waals surface area contributed by atoms with E-state index in [1.807, 2.05) is 0 Å². The number of sulfonamides is 1. The summed E-state index contributed by atoms with van der Waals surface area (Å²) >= 11 is 0. The average Bonchev–Trinajstić information content (AvgIpc) is 2.60. The molecule has 1 amide bonds. The Balaban J connectivity index is 1.94. The van der Waals surface area contributed by atoms with Gasteiger partial charge in [0.25, 0.3) is 5.91 Å². The molecule has 0 bridgehead atoms. The molecule has 0 saturated carbocycles. The summed E-state index contributed by atoms with van der Waals surface area (Å²) in [5.41, 5.74) is 0.0981. The molecule has 0 saturated heterocycles. The van der Waals surface area contributed by atoms with E-state index >= 15 is 0 Å². The smallest absolute Gasteiger partial charge is 0.405 e. The van der Waals surface area contributed by atoms with E-state index in [0.29, 0.717) is 10.4 Å². The SMILES string of the molecule is CN(C)S(=O)(=O)c1ccc(NC(=O)COC(=O)c2cccc[n+]2[O-])cc1. The van der Waals surface area contributed by atoms with Crippen LogP contribution in [-0.2, 0) is 19.6 Å². The minimum absolute atomic E-state index is 0.0796. The summed E-state index contributed by atoms with van der Waals surface area (Å²) in [6, 6.07) is 9.75. The van der Waals surface area contributed by atoms with E-state index in [9.17, 15) is 23.2 Å². The van der Waals surface area contributed by atoms with Crippen LogP contribution in [-0.4, -0.2) is 45.3 Å². The number of nitrogens with zero attached hydrogens (tertiary/aromatic N) is 2. The quantitative estimate of drug-likeness (QED) is 0.440. The monoisotopic (exact) mass is 379 g/mol. The second-order valence-corrected chi connectivity index (χ2v) is 7.50. The van der Waals surface area contributed by atoms with Crippen molar-refractivity contribution in [2.24, 2.45) is 0 Å². The van der Waals surface area contributed by atoms with E-state index in [0.717, 1.165) is 10.5 Å². The lowest BCUT2D eigenvalue weighted by atomic mass is 10.3. The van der Waals surface area contributed by atoms with Crippen LogP contribution in [0, 0.1) is 5.21 Å². The number of rotatable bonds is 6. The molecule has 1 aromatic carbocycles. The predicted molar refractivity (Wildman–Crippen MR) is 91.6 cm³/mol. The number of nitrogens with one attached hydrogen (secondary N) is 1. The van der Waals surface area contributed by atoms with E-state index in [1.54, 1.807) is 0 Å². The Labute approximate surface area is 150 Å². The minimum Gasteiger partial charge on any atom is -0.618 e. The van der Waals surface area contributed by atoms with Gasteiger partial charge in [0, 0.05) is 31.9 Å². The molecule has 10 heteroatoms. The highest BCUT2D eigenvalue weighted by Crippen LogP contribution is 2.16. The lowest BCUT2D eigenvalue weighted by Crippen LogP contribution is -2.35. The van der Waals surface area contributed by atoms with E-state index < -0.39 is 28.5 Å². The van der Waals surface area contributed by atoms with E-state index in [-0.39, 0.29) is 10.6 Å². The highest BCUT2D eigenvalue weighted by Gasteiger charge is 2.19. The number of benzene rings is 1. The van der Waals surface area contributed by atoms with Crippen molar-refractivity contribution in [1.82, 2.24) is 4.31 Å². The Kier molecular flexibility index (Phi) is 5.90. The maximum atomic E-state index is 12.0. The van der Waals surface area contributed by atoms with Crippen LogP contribution >= 0.6 is 0 Å². The molecule has 1 N–H and O–H groups in total. The number of hydrogen-bond donors (Lipinski definition) is 1. The zero-order valence-electron chi connectivity index (χ0n) is 14.1. The fraction of sp³-hybridized carbons (Fsp3) is 0.188. The number of pyridine rings is 1. The van der Waals surface area contributed by atoms with Crippen LogP contribution in [0.5, 0.6) is 0 Å². The van der Waals surface area contributed by atoms with Gasteiger partial charge in [0.2, 0.25) is 10.0 Å². The molecule has 0 radical (unpaired) electrons. The first kappa shape index (κ1) is 19.3. The number of aromatic nitrogens is 1. The van der Waals surface area contributed by atoms with Crippen molar-refractivity contribution in [3.05, 3.63) is 59.6 Å². The first-order valence-electron chi connectivity index (χ1n) is 7.39. The van der Waals surface area contributed by atoms with Gasteiger partial charge in [-0.25, -0.2) is 17.5 Å². The fourth-order valence-electron chi connectivity index (χ4n) is 1.91. The van der Waals surface area contributed by atoms with Crippen molar-refractivity contribution in [2.75, 3.05) is 26.0 Å². The zero-order chi connectivity index (χ0) is 19.3. The topological polar surface area (TPSA) is 120 Å². The van der Waals surface area contributed by atoms with Crippen molar-refractivity contribution in [1.29, 1.82) is 0 Å². The zero-order valence-corrected chi connectivity index (χ0v) is 14.9. The van der Waals surface area contributed by atoms with E-state index in [2.05, 4.69) is 5.32 Å². The predicted octanol–water partition coefficient (Wildman–Crippen LogP) is 0.366. The maximum absolute atomic E-state index is 12.0. The molecule has 0 fully saturated rings.